The number of rotatable bonds is 7. The average Bonchev–Trinajstić information content (AvgIpc) is 2.79. The molecule has 2 aliphatic carbocycles. The average molecular weight is 425 g/mol. The van der Waals surface area contributed by atoms with E-state index in [1.54, 1.807) is 6.07 Å². The lowest BCUT2D eigenvalue weighted by Gasteiger charge is -2.42. The minimum absolute atomic E-state index is 0.221. The van der Waals surface area contributed by atoms with E-state index in [0.717, 1.165) is 17.8 Å². The molecule has 2 aromatic carbocycles. The van der Waals surface area contributed by atoms with Gasteiger partial charge in [0.2, 0.25) is 0 Å². The predicted molar refractivity (Wildman–Crippen MR) is 127 cm³/mol. The molecule has 0 heterocycles. The Morgan fingerprint density at radius 2 is 1.81 bits per heavy atom. The van der Waals surface area contributed by atoms with E-state index in [4.69, 9.17) is 0 Å². The van der Waals surface area contributed by atoms with Gasteiger partial charge in [0.1, 0.15) is 11.6 Å². The van der Waals surface area contributed by atoms with Gasteiger partial charge in [0.15, 0.2) is 0 Å². The molecule has 2 saturated carbocycles. The molecule has 4 atom stereocenters. The smallest absolute Gasteiger partial charge is 0.137 e. The molecule has 0 aliphatic heterocycles. The summed E-state index contributed by atoms with van der Waals surface area (Å²) >= 11 is 0. The van der Waals surface area contributed by atoms with Crippen LogP contribution in [-0.4, -0.2) is 0 Å². The van der Waals surface area contributed by atoms with Crippen LogP contribution in [0.4, 0.5) is 8.78 Å². The predicted octanol–water partition coefficient (Wildman–Crippen LogP) is 9.12. The van der Waals surface area contributed by atoms with Gasteiger partial charge in [-0.1, -0.05) is 63.0 Å². The first-order valence-electron chi connectivity index (χ1n) is 12.6. The molecule has 2 fully saturated rings. The third kappa shape index (κ3) is 5.04. The zero-order chi connectivity index (χ0) is 21.8. The molecule has 2 aliphatic rings. The van der Waals surface area contributed by atoms with E-state index in [1.165, 1.54) is 63.4 Å². The Bertz CT molecular complexity index is 913. The van der Waals surface area contributed by atoms with Gasteiger partial charge in [0.25, 0.3) is 0 Å². The van der Waals surface area contributed by atoms with Crippen molar-refractivity contribution in [1.29, 1.82) is 0 Å². The number of fused-ring (bicyclic) bond motifs is 2. The summed E-state index contributed by atoms with van der Waals surface area (Å²) in [7, 11) is 0. The quantitative estimate of drug-likeness (QED) is 0.389. The van der Waals surface area contributed by atoms with E-state index in [1.807, 2.05) is 25.1 Å². The normalized spacial score (nSPS) is 26.5. The van der Waals surface area contributed by atoms with Crippen molar-refractivity contribution in [3.63, 3.8) is 0 Å². The standard InChI is InChI=1S/C29H38F2/c1-3-5-7-9-27-28(30)19-25-18-24(14-15-26(25)29(27)31)23-13-12-21-16-20(8-6-4-2)10-11-22(21)17-23/h3,5,14-15,18-23H,4,6-13,16-17H2,1-2H3. The molecule has 0 radical (unpaired) electrons. The first-order valence-corrected chi connectivity index (χ1v) is 12.6. The second-order valence-corrected chi connectivity index (χ2v) is 10.1. The van der Waals surface area contributed by atoms with Crippen LogP contribution in [0.5, 0.6) is 0 Å². The molecule has 31 heavy (non-hydrogen) atoms. The largest absolute Gasteiger partial charge is 0.207 e. The number of allylic oxidation sites excluding steroid dienone is 2. The Morgan fingerprint density at radius 1 is 1.00 bits per heavy atom. The van der Waals surface area contributed by atoms with Crippen LogP contribution < -0.4 is 0 Å². The highest BCUT2D eigenvalue weighted by Crippen LogP contribution is 2.48. The van der Waals surface area contributed by atoms with E-state index in [-0.39, 0.29) is 11.4 Å². The Labute approximate surface area is 187 Å². The topological polar surface area (TPSA) is 0 Å². The number of halogens is 2. The lowest BCUT2D eigenvalue weighted by Crippen LogP contribution is -2.30. The summed E-state index contributed by atoms with van der Waals surface area (Å²) in [6.07, 6.45) is 17.1. The monoisotopic (exact) mass is 424 g/mol. The van der Waals surface area contributed by atoms with Crippen molar-refractivity contribution in [3.8, 4) is 0 Å². The van der Waals surface area contributed by atoms with Gasteiger partial charge in [-0.2, -0.15) is 0 Å². The van der Waals surface area contributed by atoms with Gasteiger partial charge >= 0.3 is 0 Å². The first-order chi connectivity index (χ1) is 15.1. The van der Waals surface area contributed by atoms with Crippen LogP contribution in [-0.2, 0) is 6.42 Å². The SMILES string of the molecule is CC=CCCc1c(F)cc2cc(C3CCC4CC(CCCC)CCC4C3)ccc2c1F. The Kier molecular flexibility index (Phi) is 7.46. The van der Waals surface area contributed by atoms with Gasteiger partial charge in [-0.25, -0.2) is 8.78 Å². The molecule has 0 N–H and O–H groups in total. The summed E-state index contributed by atoms with van der Waals surface area (Å²) in [6.45, 7) is 4.23. The van der Waals surface area contributed by atoms with Crippen molar-refractivity contribution >= 4 is 10.8 Å². The highest BCUT2D eigenvalue weighted by Gasteiger charge is 2.35. The molecule has 4 unspecified atom stereocenters. The Hall–Kier alpha value is -1.70. The second kappa shape index (κ2) is 10.3. The van der Waals surface area contributed by atoms with Gasteiger partial charge in [-0.3, -0.25) is 0 Å². The van der Waals surface area contributed by atoms with Crippen molar-refractivity contribution in [2.45, 2.75) is 90.4 Å². The fraction of sp³-hybridized carbons (Fsp3) is 0.586. The highest BCUT2D eigenvalue weighted by molar-refractivity contribution is 5.85. The number of unbranched alkanes of at least 4 members (excludes halogenated alkanes) is 1. The van der Waals surface area contributed by atoms with Gasteiger partial charge in [-0.05, 0) is 92.6 Å². The molecule has 0 bridgehead atoms. The minimum atomic E-state index is -0.402. The van der Waals surface area contributed by atoms with Crippen LogP contribution in [0.15, 0.2) is 36.4 Å². The van der Waals surface area contributed by atoms with Crippen molar-refractivity contribution in [2.24, 2.45) is 17.8 Å². The molecule has 0 saturated heterocycles. The highest BCUT2D eigenvalue weighted by atomic mass is 19.1. The van der Waals surface area contributed by atoms with Crippen molar-refractivity contribution in [1.82, 2.24) is 0 Å². The molecule has 0 aromatic heterocycles. The number of hydrogen-bond donors (Lipinski definition) is 0. The fourth-order valence-corrected chi connectivity index (χ4v) is 6.31. The van der Waals surface area contributed by atoms with E-state index in [2.05, 4.69) is 19.1 Å². The van der Waals surface area contributed by atoms with Crippen LogP contribution in [0.1, 0.15) is 95.1 Å². The van der Waals surface area contributed by atoms with Crippen LogP contribution >= 0.6 is 0 Å². The summed E-state index contributed by atoms with van der Waals surface area (Å²) in [5.74, 6) is 2.46. The maximum Gasteiger partial charge on any atom is 0.137 e. The van der Waals surface area contributed by atoms with Crippen molar-refractivity contribution < 1.29 is 8.78 Å². The molecular formula is C29H38F2. The number of hydrogen-bond acceptors (Lipinski definition) is 0. The molecule has 2 heteroatoms. The molecule has 168 valence electrons. The molecule has 0 spiro atoms. The molecular weight excluding hydrogens is 386 g/mol. The van der Waals surface area contributed by atoms with Gasteiger partial charge in [0, 0.05) is 10.9 Å². The molecule has 0 nitrogen and oxygen atoms in total. The lowest BCUT2D eigenvalue weighted by atomic mass is 9.63. The summed E-state index contributed by atoms with van der Waals surface area (Å²) < 4.78 is 29.7. The summed E-state index contributed by atoms with van der Waals surface area (Å²) in [5.41, 5.74) is 1.50. The summed E-state index contributed by atoms with van der Waals surface area (Å²) in [5, 5.41) is 1.28. The third-order valence-electron chi connectivity index (χ3n) is 8.10. The molecule has 0 amide bonds. The van der Waals surface area contributed by atoms with Crippen LogP contribution in [0.25, 0.3) is 10.8 Å². The Morgan fingerprint density at radius 3 is 2.61 bits per heavy atom. The first kappa shape index (κ1) is 22.5. The van der Waals surface area contributed by atoms with E-state index >= 15 is 4.39 Å². The Balaban J connectivity index is 1.47. The second-order valence-electron chi connectivity index (χ2n) is 10.1. The maximum absolute atomic E-state index is 15.0. The zero-order valence-electron chi connectivity index (χ0n) is 19.3. The molecule has 2 aromatic rings. The van der Waals surface area contributed by atoms with Gasteiger partial charge in [-0.15, -0.1) is 0 Å². The van der Waals surface area contributed by atoms with Gasteiger partial charge < -0.3 is 0 Å². The number of benzene rings is 2. The van der Waals surface area contributed by atoms with Crippen molar-refractivity contribution in [2.75, 3.05) is 0 Å². The minimum Gasteiger partial charge on any atom is -0.207 e. The third-order valence-corrected chi connectivity index (χ3v) is 8.10. The molecule has 4 rings (SSSR count). The van der Waals surface area contributed by atoms with E-state index in [0.29, 0.717) is 29.5 Å². The van der Waals surface area contributed by atoms with E-state index < -0.39 is 5.82 Å². The van der Waals surface area contributed by atoms with Gasteiger partial charge in [0.05, 0.1) is 0 Å². The summed E-state index contributed by atoms with van der Waals surface area (Å²) in [4.78, 5) is 0. The maximum atomic E-state index is 15.0. The van der Waals surface area contributed by atoms with E-state index in [9.17, 15) is 4.39 Å². The lowest BCUT2D eigenvalue weighted by molar-refractivity contribution is 0.113. The van der Waals surface area contributed by atoms with Crippen LogP contribution in [0.3, 0.4) is 0 Å². The van der Waals surface area contributed by atoms with Crippen LogP contribution in [0, 0.1) is 29.4 Å². The fourth-order valence-electron chi connectivity index (χ4n) is 6.31. The van der Waals surface area contributed by atoms with Crippen molar-refractivity contribution in [3.05, 3.63) is 59.2 Å². The summed E-state index contributed by atoms with van der Waals surface area (Å²) in [6, 6.07) is 7.62. The van der Waals surface area contributed by atoms with Crippen LogP contribution in [0.2, 0.25) is 0 Å². The zero-order valence-corrected chi connectivity index (χ0v) is 19.3.